The molecule has 1 aromatic rings. The van der Waals surface area contributed by atoms with Crippen molar-refractivity contribution in [3.05, 3.63) is 22.7 Å². The minimum absolute atomic E-state index is 0.241. The SMILES string of the molecule is NC1(c2ccc(Cl)c3c2OCCO3)CCC1. The second-order valence-corrected chi connectivity index (χ2v) is 4.87. The zero-order chi connectivity index (χ0) is 11.2. The highest BCUT2D eigenvalue weighted by Gasteiger charge is 2.38. The zero-order valence-electron chi connectivity index (χ0n) is 8.96. The minimum atomic E-state index is -0.241. The Morgan fingerprint density at radius 1 is 1.12 bits per heavy atom. The summed E-state index contributed by atoms with van der Waals surface area (Å²) in [6.45, 7) is 1.12. The highest BCUT2D eigenvalue weighted by molar-refractivity contribution is 6.32. The molecule has 0 aromatic heterocycles. The highest BCUT2D eigenvalue weighted by atomic mass is 35.5. The Kier molecular flexibility index (Phi) is 2.26. The molecule has 1 saturated carbocycles. The smallest absolute Gasteiger partial charge is 0.180 e. The molecule has 1 heterocycles. The van der Waals surface area contributed by atoms with Gasteiger partial charge >= 0.3 is 0 Å². The van der Waals surface area contributed by atoms with Crippen LogP contribution in [0.2, 0.25) is 5.02 Å². The molecule has 0 unspecified atom stereocenters. The maximum Gasteiger partial charge on any atom is 0.180 e. The average Bonchev–Trinajstić information content (AvgIpc) is 2.27. The summed E-state index contributed by atoms with van der Waals surface area (Å²) >= 11 is 6.08. The van der Waals surface area contributed by atoms with Gasteiger partial charge in [0.05, 0.1) is 5.02 Å². The van der Waals surface area contributed by atoms with Crippen LogP contribution in [0.4, 0.5) is 0 Å². The molecule has 0 spiro atoms. The van der Waals surface area contributed by atoms with E-state index in [1.54, 1.807) is 0 Å². The summed E-state index contributed by atoms with van der Waals surface area (Å²) in [5, 5.41) is 0.598. The van der Waals surface area contributed by atoms with Crippen LogP contribution in [0.15, 0.2) is 12.1 Å². The van der Waals surface area contributed by atoms with Gasteiger partial charge in [0.2, 0.25) is 0 Å². The third-order valence-electron chi connectivity index (χ3n) is 3.42. The quantitative estimate of drug-likeness (QED) is 0.819. The second kappa shape index (κ2) is 3.54. The van der Waals surface area contributed by atoms with E-state index >= 15 is 0 Å². The van der Waals surface area contributed by atoms with E-state index in [4.69, 9.17) is 26.8 Å². The lowest BCUT2D eigenvalue weighted by Crippen LogP contribution is -2.43. The summed E-state index contributed by atoms with van der Waals surface area (Å²) in [4.78, 5) is 0. The van der Waals surface area contributed by atoms with Gasteiger partial charge in [-0.2, -0.15) is 0 Å². The Balaban J connectivity index is 2.11. The standard InChI is InChI=1S/C12H14ClNO2/c13-9-3-2-8(12(14)4-1-5-12)10-11(9)16-7-6-15-10/h2-3H,1,4-7,14H2. The lowest BCUT2D eigenvalue weighted by molar-refractivity contribution is 0.160. The molecule has 2 N–H and O–H groups in total. The highest BCUT2D eigenvalue weighted by Crippen LogP contribution is 2.49. The van der Waals surface area contributed by atoms with E-state index in [0.717, 1.165) is 24.2 Å². The van der Waals surface area contributed by atoms with E-state index in [1.807, 2.05) is 12.1 Å². The van der Waals surface area contributed by atoms with Crippen LogP contribution in [-0.4, -0.2) is 13.2 Å². The van der Waals surface area contributed by atoms with Gasteiger partial charge in [0.1, 0.15) is 13.2 Å². The minimum Gasteiger partial charge on any atom is -0.486 e. The lowest BCUT2D eigenvalue weighted by Gasteiger charge is -2.40. The zero-order valence-corrected chi connectivity index (χ0v) is 9.72. The number of hydrogen-bond donors (Lipinski definition) is 1. The molecule has 4 heteroatoms. The molecule has 86 valence electrons. The Morgan fingerprint density at radius 3 is 2.44 bits per heavy atom. The normalized spacial score (nSPS) is 21.4. The molecule has 0 bridgehead atoms. The van der Waals surface area contributed by atoms with Crippen LogP contribution in [0, 0.1) is 0 Å². The van der Waals surface area contributed by atoms with Gasteiger partial charge in [-0.05, 0) is 25.3 Å². The molecule has 16 heavy (non-hydrogen) atoms. The van der Waals surface area contributed by atoms with Crippen LogP contribution < -0.4 is 15.2 Å². The van der Waals surface area contributed by atoms with Crippen molar-refractivity contribution in [1.29, 1.82) is 0 Å². The van der Waals surface area contributed by atoms with E-state index in [2.05, 4.69) is 0 Å². The molecule has 0 saturated heterocycles. The van der Waals surface area contributed by atoms with Gasteiger partial charge in [0, 0.05) is 11.1 Å². The first-order valence-electron chi connectivity index (χ1n) is 5.58. The lowest BCUT2D eigenvalue weighted by atomic mass is 9.72. The van der Waals surface area contributed by atoms with Gasteiger partial charge in [0.25, 0.3) is 0 Å². The van der Waals surface area contributed by atoms with Crippen molar-refractivity contribution >= 4 is 11.6 Å². The number of hydrogen-bond acceptors (Lipinski definition) is 3. The fraction of sp³-hybridized carbons (Fsp3) is 0.500. The molecule has 0 atom stereocenters. The van der Waals surface area contributed by atoms with Gasteiger partial charge in [-0.3, -0.25) is 0 Å². The van der Waals surface area contributed by atoms with Crippen molar-refractivity contribution in [2.24, 2.45) is 5.73 Å². The van der Waals surface area contributed by atoms with Crippen molar-refractivity contribution in [3.63, 3.8) is 0 Å². The second-order valence-electron chi connectivity index (χ2n) is 4.46. The first-order chi connectivity index (χ1) is 7.71. The van der Waals surface area contributed by atoms with E-state index < -0.39 is 0 Å². The number of fused-ring (bicyclic) bond motifs is 1. The van der Waals surface area contributed by atoms with Crippen LogP contribution in [0.1, 0.15) is 24.8 Å². The number of benzene rings is 1. The molecule has 1 aliphatic heterocycles. The summed E-state index contributed by atoms with van der Waals surface area (Å²) in [6.07, 6.45) is 3.18. The van der Waals surface area contributed by atoms with E-state index in [-0.39, 0.29) is 5.54 Å². The van der Waals surface area contributed by atoms with Crippen LogP contribution in [0.3, 0.4) is 0 Å². The van der Waals surface area contributed by atoms with Crippen molar-refractivity contribution in [3.8, 4) is 11.5 Å². The third-order valence-corrected chi connectivity index (χ3v) is 3.72. The predicted molar refractivity (Wildman–Crippen MR) is 62.2 cm³/mol. The summed E-state index contributed by atoms with van der Waals surface area (Å²) in [7, 11) is 0. The van der Waals surface area contributed by atoms with E-state index in [9.17, 15) is 0 Å². The number of nitrogens with two attached hydrogens (primary N) is 1. The summed E-state index contributed by atoms with van der Waals surface area (Å²) < 4.78 is 11.2. The molecule has 2 aliphatic rings. The molecule has 1 aliphatic carbocycles. The number of rotatable bonds is 1. The summed E-state index contributed by atoms with van der Waals surface area (Å²) in [5.41, 5.74) is 7.12. The molecular formula is C12H14ClNO2. The van der Waals surface area contributed by atoms with Crippen molar-refractivity contribution in [1.82, 2.24) is 0 Å². The Bertz CT molecular complexity index is 429. The maximum atomic E-state index is 6.32. The molecule has 0 amide bonds. The molecular weight excluding hydrogens is 226 g/mol. The molecule has 1 fully saturated rings. The van der Waals surface area contributed by atoms with Crippen LogP contribution >= 0.6 is 11.6 Å². The van der Waals surface area contributed by atoms with Crippen LogP contribution in [0.5, 0.6) is 11.5 Å². The third kappa shape index (κ3) is 1.39. The van der Waals surface area contributed by atoms with Gasteiger partial charge in [-0.1, -0.05) is 17.7 Å². The molecule has 3 nitrogen and oxygen atoms in total. The largest absolute Gasteiger partial charge is 0.486 e. The fourth-order valence-electron chi connectivity index (χ4n) is 2.32. The number of halogens is 1. The molecule has 1 aromatic carbocycles. The molecule has 0 radical (unpaired) electrons. The van der Waals surface area contributed by atoms with Crippen molar-refractivity contribution in [2.45, 2.75) is 24.8 Å². The predicted octanol–water partition coefficient (Wildman–Crippen LogP) is 2.45. The van der Waals surface area contributed by atoms with E-state index in [0.29, 0.717) is 24.0 Å². The van der Waals surface area contributed by atoms with Crippen molar-refractivity contribution < 1.29 is 9.47 Å². The first-order valence-corrected chi connectivity index (χ1v) is 5.96. The van der Waals surface area contributed by atoms with Gasteiger partial charge < -0.3 is 15.2 Å². The average molecular weight is 240 g/mol. The van der Waals surface area contributed by atoms with Gasteiger partial charge in [0.15, 0.2) is 11.5 Å². The van der Waals surface area contributed by atoms with Crippen LogP contribution in [-0.2, 0) is 5.54 Å². The Morgan fingerprint density at radius 2 is 1.81 bits per heavy atom. The first kappa shape index (κ1) is 10.2. The van der Waals surface area contributed by atoms with E-state index in [1.165, 1.54) is 6.42 Å². The maximum absolute atomic E-state index is 6.32. The fourth-order valence-corrected chi connectivity index (χ4v) is 2.53. The topological polar surface area (TPSA) is 44.5 Å². The van der Waals surface area contributed by atoms with Crippen molar-refractivity contribution in [2.75, 3.05) is 13.2 Å². The monoisotopic (exact) mass is 239 g/mol. The summed E-state index contributed by atoms with van der Waals surface area (Å²) in [5.74, 6) is 1.41. The summed E-state index contributed by atoms with van der Waals surface area (Å²) in [6, 6.07) is 3.81. The van der Waals surface area contributed by atoms with Gasteiger partial charge in [-0.15, -0.1) is 0 Å². The van der Waals surface area contributed by atoms with Crippen LogP contribution in [0.25, 0.3) is 0 Å². The number of ether oxygens (including phenoxy) is 2. The Hall–Kier alpha value is -0.930. The Labute approximate surface area is 99.5 Å². The van der Waals surface area contributed by atoms with Gasteiger partial charge in [-0.25, -0.2) is 0 Å². The molecule has 3 rings (SSSR count).